The molecule has 158 valence electrons. The zero-order chi connectivity index (χ0) is 20.6. The Bertz CT molecular complexity index is 755. The second-order valence-electron chi connectivity index (χ2n) is 7.33. The summed E-state index contributed by atoms with van der Waals surface area (Å²) < 4.78 is 32.9. The molecule has 2 rings (SSSR count). The van der Waals surface area contributed by atoms with Crippen molar-refractivity contribution in [2.24, 2.45) is 5.92 Å². The first-order chi connectivity index (χ1) is 13.4. The van der Waals surface area contributed by atoms with Crippen molar-refractivity contribution < 1.29 is 17.9 Å². The molecule has 8 heteroatoms. The van der Waals surface area contributed by atoms with Gasteiger partial charge in [0.15, 0.2) is 0 Å². The number of carbonyl (C=O) groups is 1. The first-order valence-electron chi connectivity index (χ1n) is 10.0. The molecule has 1 heterocycles. The van der Waals surface area contributed by atoms with Gasteiger partial charge in [-0.25, -0.2) is 8.42 Å². The number of hydrogen-bond donors (Lipinski definition) is 1. The monoisotopic (exact) mass is 430 g/mol. The number of ether oxygens (including phenoxy) is 1. The predicted molar refractivity (Wildman–Crippen MR) is 111 cm³/mol. The highest BCUT2D eigenvalue weighted by atomic mass is 35.5. The summed E-state index contributed by atoms with van der Waals surface area (Å²) >= 11 is 6.17. The van der Waals surface area contributed by atoms with Crippen LogP contribution >= 0.6 is 11.6 Å². The van der Waals surface area contributed by atoms with Gasteiger partial charge >= 0.3 is 0 Å². The summed E-state index contributed by atoms with van der Waals surface area (Å²) in [5.41, 5.74) is 0.292. The minimum atomic E-state index is -3.72. The number of nitrogens with one attached hydrogen (secondary N) is 1. The van der Waals surface area contributed by atoms with E-state index in [2.05, 4.69) is 12.2 Å². The van der Waals surface area contributed by atoms with Crippen molar-refractivity contribution in [2.45, 2.75) is 50.8 Å². The Morgan fingerprint density at radius 1 is 1.32 bits per heavy atom. The van der Waals surface area contributed by atoms with Gasteiger partial charge in [0.2, 0.25) is 10.0 Å². The van der Waals surface area contributed by atoms with E-state index in [0.29, 0.717) is 44.1 Å². The number of unbranched alkanes of at least 4 members (excludes halogenated alkanes) is 1. The molecule has 1 atom stereocenters. The zero-order valence-corrected chi connectivity index (χ0v) is 18.3. The van der Waals surface area contributed by atoms with Gasteiger partial charge in [0.1, 0.15) is 4.90 Å². The first-order valence-corrected chi connectivity index (χ1v) is 11.8. The third-order valence-corrected chi connectivity index (χ3v) is 7.17. The van der Waals surface area contributed by atoms with Crippen LogP contribution in [-0.4, -0.2) is 51.5 Å². The molecule has 0 aromatic heterocycles. The van der Waals surface area contributed by atoms with Crippen LogP contribution in [0.4, 0.5) is 0 Å². The van der Waals surface area contributed by atoms with E-state index < -0.39 is 10.0 Å². The number of rotatable bonds is 10. The van der Waals surface area contributed by atoms with E-state index in [1.165, 1.54) is 16.4 Å². The maximum Gasteiger partial charge on any atom is 0.251 e. The van der Waals surface area contributed by atoms with Crippen LogP contribution in [0.15, 0.2) is 23.1 Å². The Hall–Kier alpha value is -1.15. The molecule has 6 nitrogen and oxygen atoms in total. The van der Waals surface area contributed by atoms with Crippen LogP contribution in [0.25, 0.3) is 0 Å². The third kappa shape index (κ3) is 6.44. The Labute approximate surface area is 173 Å². The van der Waals surface area contributed by atoms with Crippen molar-refractivity contribution in [1.82, 2.24) is 9.62 Å². The molecular formula is C20H31ClN2O4S. The molecule has 0 bridgehead atoms. The number of sulfonamides is 1. The highest BCUT2D eigenvalue weighted by Crippen LogP contribution is 2.29. The summed E-state index contributed by atoms with van der Waals surface area (Å²) in [6, 6.07) is 4.40. The summed E-state index contributed by atoms with van der Waals surface area (Å²) in [4.78, 5) is 12.4. The lowest BCUT2D eigenvalue weighted by Gasteiger charge is -2.30. The largest absolute Gasteiger partial charge is 0.381 e. The van der Waals surface area contributed by atoms with Crippen LogP contribution in [0.3, 0.4) is 0 Å². The van der Waals surface area contributed by atoms with E-state index in [1.807, 2.05) is 6.92 Å². The van der Waals surface area contributed by atoms with E-state index in [4.69, 9.17) is 16.3 Å². The van der Waals surface area contributed by atoms with Crippen molar-refractivity contribution in [1.29, 1.82) is 0 Å². The number of amides is 1. The van der Waals surface area contributed by atoms with Crippen LogP contribution in [0, 0.1) is 5.92 Å². The maximum absolute atomic E-state index is 13.0. The number of piperidine rings is 1. The molecule has 28 heavy (non-hydrogen) atoms. The Kier molecular flexibility index (Phi) is 9.21. The molecule has 0 radical (unpaired) electrons. The number of nitrogens with zero attached hydrogens (tertiary/aromatic N) is 1. The van der Waals surface area contributed by atoms with Gasteiger partial charge in [-0.05, 0) is 49.8 Å². The normalized spacial score (nSPS) is 18.2. The molecule has 0 spiro atoms. The lowest BCUT2D eigenvalue weighted by molar-refractivity contribution is 0.0940. The molecule has 1 N–H and O–H groups in total. The molecular weight excluding hydrogens is 400 g/mol. The fourth-order valence-electron chi connectivity index (χ4n) is 3.17. The molecule has 0 saturated carbocycles. The summed E-state index contributed by atoms with van der Waals surface area (Å²) in [5, 5.41) is 2.94. The van der Waals surface area contributed by atoms with Gasteiger partial charge in [0.05, 0.1) is 5.02 Å². The SMILES string of the molecule is CCCCOCCCNC(=O)c1ccc(Cl)c(S(=O)(=O)N2CCCC(C)C2)c1. The van der Waals surface area contributed by atoms with Crippen LogP contribution < -0.4 is 5.32 Å². The fourth-order valence-corrected chi connectivity index (χ4v) is 5.27. The standard InChI is InChI=1S/C20H31ClN2O4S/c1-3-4-12-27-13-6-10-22-20(24)17-8-9-18(21)19(14-17)28(25,26)23-11-5-7-16(2)15-23/h8-9,14,16H,3-7,10-13,15H2,1-2H3,(H,22,24). The quantitative estimate of drug-likeness (QED) is 0.574. The van der Waals surface area contributed by atoms with Crippen LogP contribution in [-0.2, 0) is 14.8 Å². The predicted octanol–water partition coefficient (Wildman–Crippen LogP) is 3.70. The first kappa shape index (κ1) is 23.1. The molecule has 1 aromatic carbocycles. The Balaban J connectivity index is 1.99. The second-order valence-corrected chi connectivity index (χ2v) is 9.64. The van der Waals surface area contributed by atoms with Gasteiger partial charge < -0.3 is 10.1 Å². The van der Waals surface area contributed by atoms with Crippen LogP contribution in [0.1, 0.15) is 56.3 Å². The summed E-state index contributed by atoms with van der Waals surface area (Å²) in [6.45, 7) is 6.91. The Morgan fingerprint density at radius 3 is 2.79 bits per heavy atom. The smallest absolute Gasteiger partial charge is 0.251 e. The highest BCUT2D eigenvalue weighted by Gasteiger charge is 2.30. The molecule has 1 saturated heterocycles. The molecule has 1 unspecified atom stereocenters. The van der Waals surface area contributed by atoms with E-state index in [1.54, 1.807) is 6.07 Å². The third-order valence-electron chi connectivity index (χ3n) is 4.82. The lowest BCUT2D eigenvalue weighted by Crippen LogP contribution is -2.39. The summed E-state index contributed by atoms with van der Waals surface area (Å²) in [5.74, 6) is 0.00186. The maximum atomic E-state index is 13.0. The number of hydrogen-bond acceptors (Lipinski definition) is 4. The second kappa shape index (κ2) is 11.1. The van der Waals surface area contributed by atoms with Crippen LogP contribution in [0.2, 0.25) is 5.02 Å². The van der Waals surface area contributed by atoms with E-state index in [-0.39, 0.29) is 15.8 Å². The van der Waals surface area contributed by atoms with Gasteiger partial charge in [-0.15, -0.1) is 0 Å². The van der Waals surface area contributed by atoms with E-state index in [9.17, 15) is 13.2 Å². The minimum absolute atomic E-state index is 0.00110. The molecule has 1 aliphatic heterocycles. The van der Waals surface area contributed by atoms with E-state index in [0.717, 1.165) is 32.3 Å². The zero-order valence-electron chi connectivity index (χ0n) is 16.7. The highest BCUT2D eigenvalue weighted by molar-refractivity contribution is 7.89. The van der Waals surface area contributed by atoms with Gasteiger partial charge in [-0.1, -0.05) is 31.9 Å². The average molecular weight is 431 g/mol. The summed E-state index contributed by atoms with van der Waals surface area (Å²) in [6.07, 6.45) is 4.68. The van der Waals surface area contributed by atoms with Crippen molar-refractivity contribution in [3.05, 3.63) is 28.8 Å². The average Bonchev–Trinajstić information content (AvgIpc) is 2.67. The molecule has 1 fully saturated rings. The number of benzene rings is 1. The minimum Gasteiger partial charge on any atom is -0.381 e. The number of halogens is 1. The van der Waals surface area contributed by atoms with Gasteiger partial charge in [0.25, 0.3) is 5.91 Å². The topological polar surface area (TPSA) is 75.7 Å². The van der Waals surface area contributed by atoms with Crippen molar-refractivity contribution in [3.8, 4) is 0 Å². The van der Waals surface area contributed by atoms with Gasteiger partial charge in [-0.2, -0.15) is 4.31 Å². The Morgan fingerprint density at radius 2 is 2.07 bits per heavy atom. The summed E-state index contributed by atoms with van der Waals surface area (Å²) in [7, 11) is -3.72. The molecule has 1 amide bonds. The number of carbonyl (C=O) groups excluding carboxylic acids is 1. The molecule has 1 aromatic rings. The van der Waals surface area contributed by atoms with Crippen molar-refractivity contribution in [3.63, 3.8) is 0 Å². The van der Waals surface area contributed by atoms with Gasteiger partial charge in [-0.3, -0.25) is 4.79 Å². The van der Waals surface area contributed by atoms with Gasteiger partial charge in [0, 0.05) is 38.4 Å². The van der Waals surface area contributed by atoms with E-state index >= 15 is 0 Å². The lowest BCUT2D eigenvalue weighted by atomic mass is 10.0. The molecule has 0 aliphatic carbocycles. The van der Waals surface area contributed by atoms with Crippen LogP contribution in [0.5, 0.6) is 0 Å². The van der Waals surface area contributed by atoms with Crippen molar-refractivity contribution >= 4 is 27.5 Å². The fraction of sp³-hybridized carbons (Fsp3) is 0.650. The molecule has 1 aliphatic rings. The van der Waals surface area contributed by atoms with Crippen molar-refractivity contribution in [2.75, 3.05) is 32.8 Å².